The number of aliphatic hydroxyl groups is 2. The number of carbonyl (C=O) groups excluding carboxylic acids is 1. The summed E-state index contributed by atoms with van der Waals surface area (Å²) in [6, 6.07) is 33.7. The molecule has 0 aliphatic carbocycles. The maximum atomic E-state index is 12.4. The quantitative estimate of drug-likeness (QED) is 0.0784. The summed E-state index contributed by atoms with van der Waals surface area (Å²) in [6.07, 6.45) is 2.67. The number of carbonyl (C=O) groups is 2. The molecule has 0 saturated carbocycles. The van der Waals surface area contributed by atoms with Crippen molar-refractivity contribution in [1.82, 2.24) is 10.2 Å². The number of aliphatic hydroxyl groups excluding tert-OH is 2. The Kier molecular flexibility index (Phi) is 14.5. The molecule has 9 nitrogen and oxygen atoms in total. The van der Waals surface area contributed by atoms with E-state index in [0.717, 1.165) is 58.2 Å². The fourth-order valence-electron chi connectivity index (χ4n) is 6.59. The lowest BCUT2D eigenvalue weighted by atomic mass is 9.98. The van der Waals surface area contributed by atoms with Crippen molar-refractivity contribution in [3.63, 3.8) is 0 Å². The molecule has 5 rings (SSSR count). The van der Waals surface area contributed by atoms with Crippen molar-refractivity contribution >= 4 is 11.9 Å². The molecule has 52 heavy (non-hydrogen) atoms. The topological polar surface area (TPSA) is 129 Å². The van der Waals surface area contributed by atoms with Gasteiger partial charge in [0.15, 0.2) is 6.29 Å². The van der Waals surface area contributed by atoms with Gasteiger partial charge in [-0.25, -0.2) is 0 Å². The number of carboxylic acids is 1. The van der Waals surface area contributed by atoms with Gasteiger partial charge in [0.25, 0.3) is 0 Å². The zero-order valence-corrected chi connectivity index (χ0v) is 30.2. The highest BCUT2D eigenvalue weighted by atomic mass is 16.7. The molecule has 4 aromatic rings. The first-order valence-corrected chi connectivity index (χ1v) is 18.3. The van der Waals surface area contributed by atoms with E-state index in [0.29, 0.717) is 32.4 Å². The molecule has 4 N–H and O–H groups in total. The Hall–Kier alpha value is -4.38. The molecule has 1 heterocycles. The summed E-state index contributed by atoms with van der Waals surface area (Å²) in [5, 5.41) is 32.4. The molecule has 276 valence electrons. The van der Waals surface area contributed by atoms with Gasteiger partial charge in [0.1, 0.15) is 0 Å². The van der Waals surface area contributed by atoms with E-state index in [4.69, 9.17) is 14.6 Å². The lowest BCUT2D eigenvalue weighted by Gasteiger charge is -2.39. The maximum Gasteiger partial charge on any atom is 0.303 e. The van der Waals surface area contributed by atoms with Gasteiger partial charge >= 0.3 is 5.97 Å². The van der Waals surface area contributed by atoms with Crippen LogP contribution in [0.4, 0.5) is 0 Å². The summed E-state index contributed by atoms with van der Waals surface area (Å²) in [6.45, 7) is 3.04. The Labute approximate surface area is 307 Å². The van der Waals surface area contributed by atoms with Crippen LogP contribution in [0.25, 0.3) is 11.1 Å². The van der Waals surface area contributed by atoms with Gasteiger partial charge in [0, 0.05) is 44.0 Å². The van der Waals surface area contributed by atoms with Gasteiger partial charge in [-0.15, -0.1) is 0 Å². The van der Waals surface area contributed by atoms with Crippen molar-refractivity contribution in [3.8, 4) is 11.1 Å². The number of carboxylic acid groups (broad SMARTS) is 1. The molecule has 5 atom stereocenters. The minimum atomic E-state index is -0.778. The van der Waals surface area contributed by atoms with Crippen LogP contribution in [0.5, 0.6) is 0 Å². The van der Waals surface area contributed by atoms with Crippen LogP contribution in [0.15, 0.2) is 103 Å². The van der Waals surface area contributed by atoms with E-state index >= 15 is 0 Å². The number of nitrogens with zero attached hydrogens (tertiary/aromatic N) is 1. The van der Waals surface area contributed by atoms with Crippen molar-refractivity contribution < 1.29 is 34.4 Å². The number of hydrogen-bond acceptors (Lipinski definition) is 7. The van der Waals surface area contributed by atoms with E-state index in [2.05, 4.69) is 28.4 Å². The summed E-state index contributed by atoms with van der Waals surface area (Å²) in [7, 11) is 2.01. The number of hydrogen-bond donors (Lipinski definition) is 4. The predicted octanol–water partition coefficient (Wildman–Crippen LogP) is 7.49. The summed E-state index contributed by atoms with van der Waals surface area (Å²) in [4.78, 5) is 25.2. The lowest BCUT2D eigenvalue weighted by Crippen LogP contribution is -2.43. The van der Waals surface area contributed by atoms with Crippen LogP contribution < -0.4 is 5.32 Å². The third-order valence-corrected chi connectivity index (χ3v) is 9.88. The van der Waals surface area contributed by atoms with Crippen LogP contribution >= 0.6 is 0 Å². The molecule has 1 aliphatic rings. The highest BCUT2D eigenvalue weighted by Crippen LogP contribution is 2.39. The third-order valence-electron chi connectivity index (χ3n) is 9.88. The molecule has 4 aromatic carbocycles. The smallest absolute Gasteiger partial charge is 0.303 e. The average molecular weight is 709 g/mol. The number of unbranched alkanes of at least 4 members (excludes halogenated alkanes) is 3. The molecular formula is C43H52N2O7. The van der Waals surface area contributed by atoms with Crippen molar-refractivity contribution in [1.29, 1.82) is 0 Å². The largest absolute Gasteiger partial charge is 0.481 e. The van der Waals surface area contributed by atoms with Gasteiger partial charge in [0.2, 0.25) is 5.91 Å². The SMILES string of the molecule is C[C@H]([C@@H](O)c1ccccc1)N(C)C[C@@H]1C[C@H](c2ccc(CO)cc2)O[C@H](c2ccc(-c3cccc(CNC(=O)CCCCCCC(=O)O)c3)cc2)O1. The minimum Gasteiger partial charge on any atom is -0.481 e. The minimum absolute atomic E-state index is 0.00514. The second-order valence-electron chi connectivity index (χ2n) is 13.8. The molecule has 1 aliphatic heterocycles. The van der Waals surface area contributed by atoms with E-state index < -0.39 is 18.4 Å². The maximum absolute atomic E-state index is 12.4. The summed E-state index contributed by atoms with van der Waals surface area (Å²) in [5.41, 5.74) is 6.71. The number of nitrogens with one attached hydrogen (secondary N) is 1. The Balaban J connectivity index is 1.22. The third kappa shape index (κ3) is 11.3. The lowest BCUT2D eigenvalue weighted by molar-refractivity contribution is -0.253. The van der Waals surface area contributed by atoms with Crippen LogP contribution in [0.1, 0.15) is 98.2 Å². The first-order valence-electron chi connectivity index (χ1n) is 18.3. The number of likely N-dealkylation sites (N-methyl/N-ethyl adjacent to an activating group) is 1. The second kappa shape index (κ2) is 19.5. The van der Waals surface area contributed by atoms with Gasteiger partial charge in [-0.05, 0) is 66.3 Å². The summed E-state index contributed by atoms with van der Waals surface area (Å²) < 4.78 is 13.2. The fourth-order valence-corrected chi connectivity index (χ4v) is 6.59. The van der Waals surface area contributed by atoms with Gasteiger partial charge in [-0.1, -0.05) is 110 Å². The van der Waals surface area contributed by atoms with Gasteiger partial charge in [-0.2, -0.15) is 0 Å². The molecule has 0 bridgehead atoms. The van der Waals surface area contributed by atoms with Crippen molar-refractivity contribution in [2.45, 2.75) is 95.7 Å². The number of aliphatic carboxylic acids is 1. The Morgan fingerprint density at radius 3 is 2.19 bits per heavy atom. The zero-order chi connectivity index (χ0) is 36.9. The van der Waals surface area contributed by atoms with Gasteiger partial charge < -0.3 is 30.1 Å². The van der Waals surface area contributed by atoms with Crippen LogP contribution in [-0.2, 0) is 32.2 Å². The Morgan fingerprint density at radius 1 is 0.808 bits per heavy atom. The molecule has 0 unspecified atom stereocenters. The molecule has 0 aromatic heterocycles. The number of benzene rings is 4. The van der Waals surface area contributed by atoms with Crippen LogP contribution in [0.3, 0.4) is 0 Å². The second-order valence-corrected chi connectivity index (χ2v) is 13.8. The van der Waals surface area contributed by atoms with E-state index in [9.17, 15) is 19.8 Å². The van der Waals surface area contributed by atoms with Crippen LogP contribution in [-0.4, -0.2) is 57.8 Å². The fraction of sp³-hybridized carbons (Fsp3) is 0.395. The molecule has 1 fully saturated rings. The average Bonchev–Trinajstić information content (AvgIpc) is 3.18. The molecular weight excluding hydrogens is 656 g/mol. The predicted molar refractivity (Wildman–Crippen MR) is 201 cm³/mol. The highest BCUT2D eigenvalue weighted by Gasteiger charge is 2.34. The molecule has 0 radical (unpaired) electrons. The van der Waals surface area contributed by atoms with Gasteiger partial charge in [0.05, 0.1) is 24.9 Å². The van der Waals surface area contributed by atoms with Crippen molar-refractivity contribution in [3.05, 3.63) is 131 Å². The molecule has 0 spiro atoms. The molecule has 1 saturated heterocycles. The van der Waals surface area contributed by atoms with E-state index in [-0.39, 0.29) is 37.2 Å². The molecule has 1 amide bonds. The van der Waals surface area contributed by atoms with Crippen LogP contribution in [0.2, 0.25) is 0 Å². The number of ether oxygens (including phenoxy) is 2. The standard InChI is InChI=1S/C43H52N2O7/c1-30(42(50)35-12-6-5-7-13-35)45(2)28-38-26-39(34-19-17-31(29-46)18-20-34)52-43(51-38)36-23-21-33(22-24-36)37-14-10-11-32(25-37)27-44-40(47)15-8-3-4-9-16-41(48)49/h5-7,10-14,17-25,30,38-39,42-43,46,50H,3-4,8-9,15-16,26-29H2,1-2H3,(H,44,47)(H,48,49)/t30-,38+,39-,42-,43-/m1/s1. The Morgan fingerprint density at radius 2 is 1.50 bits per heavy atom. The van der Waals surface area contributed by atoms with E-state index in [1.165, 1.54) is 0 Å². The van der Waals surface area contributed by atoms with Crippen molar-refractivity contribution in [2.75, 3.05) is 13.6 Å². The summed E-state index contributed by atoms with van der Waals surface area (Å²) in [5.74, 6) is -0.784. The number of amides is 1. The van der Waals surface area contributed by atoms with E-state index in [1.807, 2.05) is 98.9 Å². The van der Waals surface area contributed by atoms with Crippen molar-refractivity contribution in [2.24, 2.45) is 0 Å². The van der Waals surface area contributed by atoms with Crippen LogP contribution in [0, 0.1) is 0 Å². The Bertz CT molecular complexity index is 1700. The summed E-state index contributed by atoms with van der Waals surface area (Å²) >= 11 is 0. The molecule has 9 heteroatoms. The zero-order valence-electron chi connectivity index (χ0n) is 30.2. The first kappa shape index (κ1) is 38.8. The monoisotopic (exact) mass is 708 g/mol. The van der Waals surface area contributed by atoms with Gasteiger partial charge in [-0.3, -0.25) is 14.5 Å². The highest BCUT2D eigenvalue weighted by molar-refractivity contribution is 5.76. The first-order chi connectivity index (χ1) is 25.2. The van der Waals surface area contributed by atoms with E-state index in [1.54, 1.807) is 0 Å². The number of rotatable bonds is 18. The normalized spacial score (nSPS) is 18.5.